The van der Waals surface area contributed by atoms with E-state index in [1.165, 1.54) is 46.3 Å². The molecule has 7 fully saturated rings. The maximum Gasteiger partial charge on any atom is 0.347 e. The number of fused-ring (bicyclic) bond motifs is 3. The lowest BCUT2D eigenvalue weighted by molar-refractivity contribution is -0.461. The molecular weight excluding hydrogens is 692 g/mol. The predicted octanol–water partition coefficient (Wildman–Crippen LogP) is -1.02. The number of hydrogen-bond donors (Lipinski definition) is 5. The van der Waals surface area contributed by atoms with E-state index in [0.29, 0.717) is 5.56 Å². The molecule has 7 aliphatic rings. The van der Waals surface area contributed by atoms with Crippen molar-refractivity contribution in [3.63, 3.8) is 0 Å². The first-order chi connectivity index (χ1) is 24.1. The van der Waals surface area contributed by atoms with Crippen LogP contribution < -0.4 is 0 Å². The van der Waals surface area contributed by atoms with Crippen LogP contribution in [-0.4, -0.2) is 122 Å². The molecule has 0 amide bonds. The zero-order chi connectivity index (χ0) is 38.1. The summed E-state index contributed by atoms with van der Waals surface area (Å²) >= 11 is 0. The van der Waals surface area contributed by atoms with Crippen LogP contribution in [0.3, 0.4) is 0 Å². The van der Waals surface area contributed by atoms with E-state index in [9.17, 15) is 49.5 Å². The maximum atomic E-state index is 14.2. The number of esters is 5. The van der Waals surface area contributed by atoms with Crippen molar-refractivity contribution >= 4 is 29.8 Å². The summed E-state index contributed by atoms with van der Waals surface area (Å²) in [5.41, 5.74) is -19.8. The van der Waals surface area contributed by atoms with E-state index in [2.05, 4.69) is 0 Å². The molecule has 3 unspecified atom stereocenters. The van der Waals surface area contributed by atoms with Gasteiger partial charge in [-0.1, -0.05) is 27.7 Å². The van der Waals surface area contributed by atoms with E-state index < -0.39 is 135 Å². The summed E-state index contributed by atoms with van der Waals surface area (Å²) in [5, 5.41) is 66.6. The monoisotopic (exact) mass is 734 g/mol. The molecule has 2 saturated heterocycles. The molecule has 5 saturated carbocycles. The maximum absolute atomic E-state index is 14.2. The summed E-state index contributed by atoms with van der Waals surface area (Å²) in [6.45, 7) is 7.67. The minimum atomic E-state index is -3.20. The molecule has 1 spiro atoms. The van der Waals surface area contributed by atoms with Crippen LogP contribution in [0.5, 0.6) is 0 Å². The molecule has 8 rings (SSSR count). The van der Waals surface area contributed by atoms with E-state index in [0.717, 1.165) is 21.0 Å². The molecule has 5 aliphatic carbocycles. The Hall–Kier alpha value is -3.61. The predicted molar refractivity (Wildman–Crippen MR) is 164 cm³/mol. The molecule has 5 N–H and O–H groups in total. The molecule has 17 heteroatoms. The van der Waals surface area contributed by atoms with Gasteiger partial charge in [-0.25, -0.2) is 9.59 Å². The van der Waals surface area contributed by atoms with Gasteiger partial charge in [-0.05, 0) is 18.9 Å². The van der Waals surface area contributed by atoms with Crippen LogP contribution in [0, 0.1) is 33.5 Å². The summed E-state index contributed by atoms with van der Waals surface area (Å²) < 4.78 is 39.9. The second-order valence-corrected chi connectivity index (χ2v) is 16.5. The second kappa shape index (κ2) is 9.92. The van der Waals surface area contributed by atoms with Crippen LogP contribution in [0.1, 0.15) is 66.1 Å². The highest BCUT2D eigenvalue weighted by Gasteiger charge is 3.08. The van der Waals surface area contributed by atoms with Gasteiger partial charge in [0.15, 0.2) is 17.8 Å². The number of hydrogen-bond acceptors (Lipinski definition) is 17. The molecule has 3 heterocycles. The van der Waals surface area contributed by atoms with Gasteiger partial charge in [0.2, 0.25) is 6.10 Å². The van der Waals surface area contributed by atoms with E-state index >= 15 is 0 Å². The molecular formula is C35H42O17. The minimum Gasteiger partial charge on any atom is -0.472 e. The molecule has 0 aromatic carbocycles. The van der Waals surface area contributed by atoms with Crippen molar-refractivity contribution in [3.05, 3.63) is 24.2 Å². The number of aliphatic hydroxyl groups excluding tert-OH is 1. The Morgan fingerprint density at radius 1 is 0.942 bits per heavy atom. The standard InChI is InChI=1S/C35H42O17/c1-13(2)23(39)51-21-19(38)34(44)29(6)18(17(24(40)46-7)48-14(3)36)28(5)11-32(29,42)33(43,26(28)49-15(4)37)27-35(34,45)31-12-30(21,31)20(16-8-9-47-10-16)50-22(31)25(41)52-27/h8-10,13,17-22,26-27,38,42-45H,11-12H2,1-7H3/t17-,18+,19-,20-,21+,22+,26+,27-,28-,29?,30-,31-,32?,33?,34+,35+/m1/s1. The van der Waals surface area contributed by atoms with E-state index in [-0.39, 0.29) is 6.42 Å². The highest BCUT2D eigenvalue weighted by molar-refractivity contribution is 5.83. The molecule has 2 bridgehead atoms. The zero-order valence-electron chi connectivity index (χ0n) is 29.5. The fraction of sp³-hybridized carbons (Fsp3) is 0.743. The van der Waals surface area contributed by atoms with Gasteiger partial charge in [0.05, 0.1) is 42.5 Å². The number of carbonyl (C=O) groups is 5. The van der Waals surface area contributed by atoms with E-state index in [1.54, 1.807) is 0 Å². The number of carbonyl (C=O) groups excluding carboxylic acids is 5. The van der Waals surface area contributed by atoms with Gasteiger partial charge in [-0.3, -0.25) is 14.4 Å². The Balaban J connectivity index is 1.48. The van der Waals surface area contributed by atoms with Crippen LogP contribution in [0.4, 0.5) is 0 Å². The smallest absolute Gasteiger partial charge is 0.347 e. The van der Waals surface area contributed by atoms with E-state index in [1.807, 2.05) is 0 Å². The summed E-state index contributed by atoms with van der Waals surface area (Å²) in [7, 11) is 0.996. The third kappa shape index (κ3) is 3.18. The van der Waals surface area contributed by atoms with Crippen LogP contribution in [0.25, 0.3) is 0 Å². The van der Waals surface area contributed by atoms with Gasteiger partial charge < -0.3 is 58.4 Å². The Bertz CT molecular complexity index is 1810. The Kier molecular flexibility index (Phi) is 6.76. The average molecular weight is 735 g/mol. The third-order valence-electron chi connectivity index (χ3n) is 14.3. The highest BCUT2D eigenvalue weighted by atomic mass is 16.6. The lowest BCUT2D eigenvalue weighted by Gasteiger charge is -2.76. The highest BCUT2D eigenvalue weighted by Crippen LogP contribution is 2.93. The van der Waals surface area contributed by atoms with Crippen molar-refractivity contribution in [2.75, 3.05) is 7.11 Å². The fourth-order valence-corrected chi connectivity index (χ4v) is 12.8. The van der Waals surface area contributed by atoms with Gasteiger partial charge in [-0.2, -0.15) is 0 Å². The summed E-state index contributed by atoms with van der Waals surface area (Å²) in [4.78, 5) is 66.7. The van der Waals surface area contributed by atoms with Crippen LogP contribution in [0.2, 0.25) is 0 Å². The fourth-order valence-electron chi connectivity index (χ4n) is 12.8. The van der Waals surface area contributed by atoms with Crippen LogP contribution in [0.15, 0.2) is 23.0 Å². The number of ether oxygens (including phenoxy) is 6. The number of methoxy groups -OCH3 is 1. The largest absolute Gasteiger partial charge is 0.472 e. The number of furan rings is 1. The first-order valence-electron chi connectivity index (χ1n) is 17.2. The molecule has 16 atom stereocenters. The molecule has 0 radical (unpaired) electrons. The van der Waals surface area contributed by atoms with Crippen molar-refractivity contribution in [2.24, 2.45) is 33.5 Å². The van der Waals surface area contributed by atoms with Crippen LogP contribution >= 0.6 is 0 Å². The molecule has 17 nitrogen and oxygen atoms in total. The lowest BCUT2D eigenvalue weighted by Crippen LogP contribution is -2.98. The van der Waals surface area contributed by atoms with Crippen LogP contribution in [-0.2, 0) is 52.4 Å². The number of aliphatic hydroxyl groups is 5. The Morgan fingerprint density at radius 2 is 1.62 bits per heavy atom. The third-order valence-corrected chi connectivity index (χ3v) is 14.3. The number of rotatable bonds is 7. The molecule has 1 aromatic rings. The summed E-state index contributed by atoms with van der Waals surface area (Å²) in [5.74, 6) is -7.58. The quantitative estimate of drug-likeness (QED) is 0.166. The van der Waals surface area contributed by atoms with Crippen molar-refractivity contribution in [1.29, 1.82) is 0 Å². The first kappa shape index (κ1) is 35.4. The zero-order valence-corrected chi connectivity index (χ0v) is 29.5. The SMILES string of the molecule is COC(=O)[C@H](OC(C)=O)[C@@H]1C2(C)C3(O)C[C@@]1(C)[C@H](OC(C)=O)C3(O)[C@H]1OC(=O)[C@@H]3O[C@H](c4ccoc4)[C@@]45C[C@@]34[C@]1(O)[C@]2(O)[C@H](O)[C@@H]5OC(=O)C(C)C. The van der Waals surface area contributed by atoms with Crippen molar-refractivity contribution in [3.8, 4) is 0 Å². The normalized spacial score (nSPS) is 51.9. The van der Waals surface area contributed by atoms with Crippen molar-refractivity contribution in [1.82, 2.24) is 0 Å². The van der Waals surface area contributed by atoms with Crippen molar-refractivity contribution < 1.29 is 82.3 Å². The van der Waals surface area contributed by atoms with Gasteiger partial charge in [0, 0.05) is 36.2 Å². The molecule has 1 aromatic heterocycles. The average Bonchev–Trinajstić information content (AvgIpc) is 3.32. The molecule has 52 heavy (non-hydrogen) atoms. The van der Waals surface area contributed by atoms with Gasteiger partial charge in [0.1, 0.15) is 35.1 Å². The molecule has 284 valence electrons. The Morgan fingerprint density at radius 3 is 2.17 bits per heavy atom. The lowest BCUT2D eigenvalue weighted by atomic mass is 9.33. The molecule has 2 aliphatic heterocycles. The Labute approximate surface area is 296 Å². The van der Waals surface area contributed by atoms with Gasteiger partial charge >= 0.3 is 29.8 Å². The second-order valence-electron chi connectivity index (χ2n) is 16.5. The summed E-state index contributed by atoms with van der Waals surface area (Å²) in [6.07, 6.45) is -11.6. The van der Waals surface area contributed by atoms with Crippen molar-refractivity contribution in [2.45, 2.75) is 120 Å². The van der Waals surface area contributed by atoms with Gasteiger partial charge in [-0.15, -0.1) is 0 Å². The topological polar surface area (TPSA) is 255 Å². The first-order valence-corrected chi connectivity index (χ1v) is 17.2. The minimum absolute atomic E-state index is 0.257. The summed E-state index contributed by atoms with van der Waals surface area (Å²) in [6, 6.07) is 1.51. The van der Waals surface area contributed by atoms with E-state index in [4.69, 9.17) is 32.8 Å². The van der Waals surface area contributed by atoms with Gasteiger partial charge in [0.25, 0.3) is 0 Å².